The van der Waals surface area contributed by atoms with Crippen LogP contribution in [0, 0.1) is 34.0 Å². The molecule has 0 spiro atoms. The van der Waals surface area contributed by atoms with E-state index in [1.54, 1.807) is 0 Å². The van der Waals surface area contributed by atoms with Crippen LogP contribution < -0.4 is 0 Å². The molecule has 0 bridgehead atoms. The number of nitrogens with zero attached hydrogens (tertiary/aromatic N) is 4. The van der Waals surface area contributed by atoms with E-state index in [9.17, 15) is 15.8 Å². The Balaban J connectivity index is 1.33. The summed E-state index contributed by atoms with van der Waals surface area (Å²) in [5.41, 5.74) is 10.7. The Hall–Kier alpha value is -7.45. The molecule has 0 saturated carbocycles. The van der Waals surface area contributed by atoms with Crippen molar-refractivity contribution in [1.82, 2.24) is 4.57 Å². The molecule has 234 valence electrons. The summed E-state index contributed by atoms with van der Waals surface area (Å²) in [5, 5.41) is 36.2. The summed E-state index contributed by atoms with van der Waals surface area (Å²) in [6.07, 6.45) is 0. The normalized spacial score (nSPS) is 11.1. The van der Waals surface area contributed by atoms with Crippen molar-refractivity contribution in [3.63, 3.8) is 0 Å². The number of nitriles is 3. The van der Waals surface area contributed by atoms with Gasteiger partial charge in [0.2, 0.25) is 0 Å². The van der Waals surface area contributed by atoms with Crippen LogP contribution >= 0.6 is 0 Å². The minimum absolute atomic E-state index is 0.562. The second kappa shape index (κ2) is 11.9. The molecule has 0 aliphatic rings. The Labute approximate surface area is 294 Å². The highest BCUT2D eigenvalue weighted by Crippen LogP contribution is 2.46. The first-order valence-electron chi connectivity index (χ1n) is 16.7. The Kier molecular flexibility index (Phi) is 6.93. The Morgan fingerprint density at radius 1 is 0.373 bits per heavy atom. The molecular formula is C47H26N4. The largest absolute Gasteiger partial charge is 0.309 e. The number of hydrogen-bond donors (Lipinski definition) is 0. The molecule has 0 unspecified atom stereocenters. The molecule has 0 radical (unpaired) electrons. The van der Waals surface area contributed by atoms with Crippen LogP contribution in [0.2, 0.25) is 0 Å². The summed E-state index contributed by atoms with van der Waals surface area (Å²) in [6.45, 7) is 0. The molecule has 0 aliphatic heterocycles. The summed E-state index contributed by atoms with van der Waals surface area (Å²) < 4.78 is 2.21. The molecule has 8 aromatic carbocycles. The lowest BCUT2D eigenvalue weighted by Gasteiger charge is -2.19. The van der Waals surface area contributed by atoms with Crippen molar-refractivity contribution in [3.05, 3.63) is 174 Å². The lowest BCUT2D eigenvalue weighted by Crippen LogP contribution is -1.98. The number of para-hydroxylation sites is 1. The first-order chi connectivity index (χ1) is 25.2. The summed E-state index contributed by atoms with van der Waals surface area (Å²) in [6, 6.07) is 60.3. The van der Waals surface area contributed by atoms with Crippen molar-refractivity contribution in [3.8, 4) is 57.3 Å². The predicted molar refractivity (Wildman–Crippen MR) is 206 cm³/mol. The topological polar surface area (TPSA) is 76.3 Å². The average molecular weight is 647 g/mol. The fraction of sp³-hybridized carbons (Fsp3) is 0. The lowest BCUT2D eigenvalue weighted by atomic mass is 9.84. The standard InChI is InChI=1S/C47H26N4/c48-27-30-18-22-44-41(24-30)42-25-31(28-49)19-23-45(42)51(44)43-17-9-8-12-35(43)33-20-21-34(29-50)40(26-33)47-38-15-6-4-13-36(38)46(32-10-2-1-3-11-32)37-14-5-7-16-39(37)47/h1-26H. The zero-order valence-electron chi connectivity index (χ0n) is 27.3. The van der Waals surface area contributed by atoms with Gasteiger partial charge in [0, 0.05) is 21.9 Å². The van der Waals surface area contributed by atoms with Crippen molar-refractivity contribution < 1.29 is 0 Å². The number of fused-ring (bicyclic) bond motifs is 5. The quantitative estimate of drug-likeness (QED) is 0.179. The first-order valence-corrected chi connectivity index (χ1v) is 16.7. The monoisotopic (exact) mass is 646 g/mol. The van der Waals surface area contributed by atoms with Gasteiger partial charge in [-0.25, -0.2) is 0 Å². The van der Waals surface area contributed by atoms with E-state index >= 15 is 0 Å². The van der Waals surface area contributed by atoms with E-state index in [0.29, 0.717) is 16.7 Å². The van der Waals surface area contributed by atoms with Crippen molar-refractivity contribution in [2.45, 2.75) is 0 Å². The molecule has 4 nitrogen and oxygen atoms in total. The van der Waals surface area contributed by atoms with E-state index in [4.69, 9.17) is 0 Å². The molecule has 0 aliphatic carbocycles. The maximum absolute atomic E-state index is 10.5. The SMILES string of the molecule is N#Cc1ccc2c(c1)c1cc(C#N)ccc1n2-c1ccccc1-c1ccc(C#N)c(-c2c3ccccc3c(-c3ccccc3)c3ccccc23)c1. The van der Waals surface area contributed by atoms with Gasteiger partial charge in [-0.15, -0.1) is 0 Å². The van der Waals surface area contributed by atoms with Crippen LogP contribution in [0.3, 0.4) is 0 Å². The number of aromatic nitrogens is 1. The van der Waals surface area contributed by atoms with E-state index in [-0.39, 0.29) is 0 Å². The number of benzene rings is 8. The lowest BCUT2D eigenvalue weighted by molar-refractivity contribution is 1.18. The van der Waals surface area contributed by atoms with Gasteiger partial charge in [0.1, 0.15) is 0 Å². The van der Waals surface area contributed by atoms with Gasteiger partial charge in [-0.1, -0.05) is 103 Å². The Bertz CT molecular complexity index is 2870. The molecule has 0 N–H and O–H groups in total. The van der Waals surface area contributed by atoms with Crippen molar-refractivity contribution in [1.29, 1.82) is 15.8 Å². The van der Waals surface area contributed by atoms with Crippen molar-refractivity contribution in [2.24, 2.45) is 0 Å². The van der Waals surface area contributed by atoms with Crippen LogP contribution in [0.4, 0.5) is 0 Å². The number of hydrogen-bond acceptors (Lipinski definition) is 3. The molecule has 9 aromatic rings. The average Bonchev–Trinajstić information content (AvgIpc) is 3.52. The molecular weight excluding hydrogens is 621 g/mol. The van der Waals surface area contributed by atoms with E-state index < -0.39 is 0 Å². The Morgan fingerprint density at radius 2 is 0.902 bits per heavy atom. The molecule has 0 saturated heterocycles. The molecule has 0 atom stereocenters. The molecule has 0 amide bonds. The van der Waals surface area contributed by atoms with E-state index in [2.05, 4.69) is 114 Å². The van der Waals surface area contributed by atoms with Crippen molar-refractivity contribution >= 4 is 43.4 Å². The molecule has 0 fully saturated rings. The minimum Gasteiger partial charge on any atom is -0.309 e. The van der Waals surface area contributed by atoms with Crippen LogP contribution in [0.15, 0.2) is 158 Å². The zero-order chi connectivity index (χ0) is 34.5. The predicted octanol–water partition coefficient (Wildman–Crippen LogP) is 11.7. The highest BCUT2D eigenvalue weighted by molar-refractivity contribution is 6.22. The van der Waals surface area contributed by atoms with Gasteiger partial charge in [-0.2, -0.15) is 15.8 Å². The third-order valence-corrected chi connectivity index (χ3v) is 9.88. The highest BCUT2D eigenvalue weighted by atomic mass is 15.0. The molecule has 51 heavy (non-hydrogen) atoms. The minimum atomic E-state index is 0.562. The first kappa shape index (κ1) is 29.7. The number of rotatable bonds is 4. The molecule has 1 heterocycles. The van der Waals surface area contributed by atoms with Crippen molar-refractivity contribution in [2.75, 3.05) is 0 Å². The highest BCUT2D eigenvalue weighted by Gasteiger charge is 2.21. The fourth-order valence-electron chi connectivity index (χ4n) is 7.69. The third kappa shape index (κ3) is 4.66. The van der Waals surface area contributed by atoms with Crippen LogP contribution in [0.1, 0.15) is 16.7 Å². The van der Waals surface area contributed by atoms with Crippen LogP contribution in [0.5, 0.6) is 0 Å². The summed E-state index contributed by atoms with van der Waals surface area (Å²) in [5.74, 6) is 0. The maximum atomic E-state index is 10.5. The van der Waals surface area contributed by atoms with E-state index in [1.165, 1.54) is 5.56 Å². The second-order valence-electron chi connectivity index (χ2n) is 12.6. The van der Waals surface area contributed by atoms with Crippen LogP contribution in [-0.2, 0) is 0 Å². The van der Waals surface area contributed by atoms with Gasteiger partial charge in [0.25, 0.3) is 0 Å². The van der Waals surface area contributed by atoms with Gasteiger partial charge < -0.3 is 4.57 Å². The smallest absolute Gasteiger partial charge is 0.0998 e. The van der Waals surface area contributed by atoms with Gasteiger partial charge >= 0.3 is 0 Å². The van der Waals surface area contributed by atoms with Gasteiger partial charge in [0.15, 0.2) is 0 Å². The molecule has 9 rings (SSSR count). The summed E-state index contributed by atoms with van der Waals surface area (Å²) in [7, 11) is 0. The third-order valence-electron chi connectivity index (χ3n) is 9.88. The zero-order valence-corrected chi connectivity index (χ0v) is 27.3. The van der Waals surface area contributed by atoms with E-state index in [1.807, 2.05) is 66.7 Å². The molecule has 1 aromatic heterocycles. The second-order valence-corrected chi connectivity index (χ2v) is 12.6. The fourth-order valence-corrected chi connectivity index (χ4v) is 7.69. The molecule has 4 heteroatoms. The summed E-state index contributed by atoms with van der Waals surface area (Å²) >= 11 is 0. The van der Waals surface area contributed by atoms with Crippen LogP contribution in [-0.4, -0.2) is 4.57 Å². The summed E-state index contributed by atoms with van der Waals surface area (Å²) in [4.78, 5) is 0. The van der Waals surface area contributed by atoms with Gasteiger partial charge in [-0.3, -0.25) is 0 Å². The van der Waals surface area contributed by atoms with Crippen LogP contribution in [0.25, 0.3) is 82.4 Å². The van der Waals surface area contributed by atoms with Gasteiger partial charge in [-0.05, 0) is 98.4 Å². The van der Waals surface area contributed by atoms with Gasteiger partial charge in [0.05, 0.1) is 51.6 Å². The Morgan fingerprint density at radius 3 is 1.47 bits per heavy atom. The maximum Gasteiger partial charge on any atom is 0.0998 e. The van der Waals surface area contributed by atoms with E-state index in [0.717, 1.165) is 76.9 Å².